The van der Waals surface area contributed by atoms with Gasteiger partial charge in [-0.05, 0) is 53.8 Å². The van der Waals surface area contributed by atoms with Crippen molar-refractivity contribution >= 4 is 34.1 Å². The van der Waals surface area contributed by atoms with Crippen molar-refractivity contribution in [1.82, 2.24) is 4.57 Å². The first-order valence-electron chi connectivity index (χ1n) is 9.27. The molecular formula is C24H21Cl2NO. The number of benzene rings is 3. The largest absolute Gasteiger partial charge is 0.387 e. The zero-order valence-corrected chi connectivity index (χ0v) is 17.1. The van der Waals surface area contributed by atoms with E-state index in [0.717, 1.165) is 17.5 Å². The van der Waals surface area contributed by atoms with Crippen molar-refractivity contribution in [3.8, 4) is 0 Å². The lowest BCUT2D eigenvalue weighted by atomic mass is 10.0. The lowest BCUT2D eigenvalue weighted by Gasteiger charge is -2.14. The molecule has 4 aromatic rings. The van der Waals surface area contributed by atoms with Crippen LogP contribution in [-0.2, 0) is 13.0 Å². The summed E-state index contributed by atoms with van der Waals surface area (Å²) in [6.07, 6.45) is 2.35. The second kappa shape index (κ2) is 8.00. The van der Waals surface area contributed by atoms with Crippen molar-refractivity contribution in [2.75, 3.05) is 0 Å². The highest BCUT2D eigenvalue weighted by molar-refractivity contribution is 6.42. The van der Waals surface area contributed by atoms with E-state index >= 15 is 0 Å². The molecule has 1 heterocycles. The number of aliphatic hydroxyl groups is 1. The molecule has 0 radical (unpaired) electrons. The van der Waals surface area contributed by atoms with Crippen LogP contribution < -0.4 is 0 Å². The van der Waals surface area contributed by atoms with Gasteiger partial charge >= 0.3 is 0 Å². The molecule has 1 atom stereocenters. The van der Waals surface area contributed by atoms with E-state index < -0.39 is 6.10 Å². The van der Waals surface area contributed by atoms with Crippen LogP contribution in [0, 0.1) is 6.92 Å². The van der Waals surface area contributed by atoms with Gasteiger partial charge in [0.05, 0.1) is 22.7 Å². The lowest BCUT2D eigenvalue weighted by molar-refractivity contribution is 0.158. The van der Waals surface area contributed by atoms with Crippen LogP contribution in [0.5, 0.6) is 0 Å². The third-order valence-corrected chi connectivity index (χ3v) is 5.95. The van der Waals surface area contributed by atoms with Crippen LogP contribution >= 0.6 is 23.2 Å². The molecule has 142 valence electrons. The Morgan fingerprint density at radius 2 is 1.64 bits per heavy atom. The molecule has 0 aliphatic heterocycles. The molecule has 3 aromatic carbocycles. The van der Waals surface area contributed by atoms with E-state index in [-0.39, 0.29) is 0 Å². The normalized spacial score (nSPS) is 12.4. The van der Waals surface area contributed by atoms with E-state index in [9.17, 15) is 5.11 Å². The predicted octanol–water partition coefficient (Wildman–Crippen LogP) is 6.58. The van der Waals surface area contributed by atoms with Gasteiger partial charge in [-0.25, -0.2) is 0 Å². The van der Waals surface area contributed by atoms with E-state index in [1.165, 1.54) is 22.1 Å². The Balaban J connectivity index is 1.68. The van der Waals surface area contributed by atoms with E-state index in [2.05, 4.69) is 60.2 Å². The van der Waals surface area contributed by atoms with Gasteiger partial charge < -0.3 is 9.67 Å². The summed E-state index contributed by atoms with van der Waals surface area (Å²) in [4.78, 5) is 0. The minimum Gasteiger partial charge on any atom is -0.387 e. The number of hydrogen-bond acceptors (Lipinski definition) is 1. The third kappa shape index (κ3) is 3.81. The molecule has 0 saturated heterocycles. The first kappa shape index (κ1) is 19.1. The average molecular weight is 410 g/mol. The van der Waals surface area contributed by atoms with Crippen LogP contribution in [0.1, 0.15) is 28.4 Å². The van der Waals surface area contributed by atoms with Gasteiger partial charge in [-0.15, -0.1) is 0 Å². The number of rotatable bonds is 5. The van der Waals surface area contributed by atoms with Crippen molar-refractivity contribution in [2.24, 2.45) is 0 Å². The summed E-state index contributed by atoms with van der Waals surface area (Å²) in [6.45, 7) is 2.59. The van der Waals surface area contributed by atoms with Crippen molar-refractivity contribution in [3.63, 3.8) is 0 Å². The Hall–Kier alpha value is -2.26. The summed E-state index contributed by atoms with van der Waals surface area (Å²) in [5.74, 6) is 0. The smallest absolute Gasteiger partial charge is 0.0969 e. The van der Waals surface area contributed by atoms with Crippen molar-refractivity contribution < 1.29 is 5.11 Å². The monoisotopic (exact) mass is 409 g/mol. The highest BCUT2D eigenvalue weighted by Gasteiger charge is 2.15. The van der Waals surface area contributed by atoms with Crippen LogP contribution in [0.3, 0.4) is 0 Å². The van der Waals surface area contributed by atoms with E-state index in [1.54, 1.807) is 12.1 Å². The molecule has 4 heteroatoms. The number of hydrogen-bond donors (Lipinski definition) is 1. The van der Waals surface area contributed by atoms with E-state index in [1.807, 2.05) is 12.1 Å². The van der Waals surface area contributed by atoms with Crippen LogP contribution in [0.2, 0.25) is 10.0 Å². The molecule has 28 heavy (non-hydrogen) atoms. The highest BCUT2D eigenvalue weighted by atomic mass is 35.5. The Bertz CT molecular complexity index is 1130. The number of fused-ring (bicyclic) bond motifs is 1. The van der Waals surface area contributed by atoms with Crippen LogP contribution in [0.4, 0.5) is 0 Å². The molecule has 1 N–H and O–H groups in total. The number of aryl methyl sites for hydroxylation is 1. The molecule has 0 saturated carbocycles. The van der Waals surface area contributed by atoms with Gasteiger partial charge in [0.15, 0.2) is 0 Å². The predicted molar refractivity (Wildman–Crippen MR) is 117 cm³/mol. The van der Waals surface area contributed by atoms with Gasteiger partial charge in [-0.3, -0.25) is 0 Å². The number of nitrogens with zero attached hydrogens (tertiary/aromatic N) is 1. The second-order valence-corrected chi connectivity index (χ2v) is 7.93. The van der Waals surface area contributed by atoms with Gasteiger partial charge in [0.2, 0.25) is 0 Å². The van der Waals surface area contributed by atoms with Gasteiger partial charge in [0.25, 0.3) is 0 Å². The minimum absolute atomic E-state index is 0.451. The Morgan fingerprint density at radius 1 is 0.893 bits per heavy atom. The maximum atomic E-state index is 10.8. The summed E-state index contributed by atoms with van der Waals surface area (Å²) < 4.78 is 2.12. The summed E-state index contributed by atoms with van der Waals surface area (Å²) in [5, 5.41) is 12.9. The van der Waals surface area contributed by atoms with Gasteiger partial charge in [0.1, 0.15) is 0 Å². The molecule has 2 nitrogen and oxygen atoms in total. The minimum atomic E-state index is -0.670. The fourth-order valence-electron chi connectivity index (χ4n) is 3.64. The Kier molecular flexibility index (Phi) is 5.45. The topological polar surface area (TPSA) is 25.2 Å². The van der Waals surface area contributed by atoms with Crippen molar-refractivity contribution in [1.29, 1.82) is 0 Å². The van der Waals surface area contributed by atoms with Crippen molar-refractivity contribution in [3.05, 3.63) is 105 Å². The zero-order chi connectivity index (χ0) is 19.7. The summed E-state index contributed by atoms with van der Waals surface area (Å²) in [5.41, 5.74) is 5.73. The fourth-order valence-corrected chi connectivity index (χ4v) is 3.95. The van der Waals surface area contributed by atoms with Gasteiger partial charge in [0, 0.05) is 17.1 Å². The number of aromatic nitrogens is 1. The molecule has 0 bridgehead atoms. The number of para-hydroxylation sites is 1. The third-order valence-electron chi connectivity index (χ3n) is 5.21. The second-order valence-electron chi connectivity index (χ2n) is 7.12. The van der Waals surface area contributed by atoms with Crippen LogP contribution in [0.15, 0.2) is 72.9 Å². The first-order chi connectivity index (χ1) is 13.5. The van der Waals surface area contributed by atoms with Crippen LogP contribution in [-0.4, -0.2) is 9.67 Å². The molecule has 1 aromatic heterocycles. The van der Waals surface area contributed by atoms with E-state index in [0.29, 0.717) is 16.6 Å². The maximum absolute atomic E-state index is 10.8. The van der Waals surface area contributed by atoms with Gasteiger partial charge in [-0.2, -0.15) is 0 Å². The standard InChI is InChI=1S/C24H21Cl2NO/c1-16-6-2-3-7-17(16)12-19-14-27(23-9-5-4-8-20(19)23)15-24(28)18-10-11-21(25)22(26)13-18/h2-11,13-14,24,28H,12,15H2,1H3/t24-/m0/s1. The summed E-state index contributed by atoms with van der Waals surface area (Å²) in [6, 6.07) is 22.1. The first-order valence-corrected chi connectivity index (χ1v) is 10.0. The lowest BCUT2D eigenvalue weighted by Crippen LogP contribution is -2.08. The SMILES string of the molecule is Cc1ccccc1Cc1cn(C[C@H](O)c2ccc(Cl)c(Cl)c2)c2ccccc12. The quantitative estimate of drug-likeness (QED) is 0.395. The van der Waals surface area contributed by atoms with Crippen LogP contribution in [0.25, 0.3) is 10.9 Å². The summed E-state index contributed by atoms with van der Waals surface area (Å²) in [7, 11) is 0. The Morgan fingerprint density at radius 3 is 2.43 bits per heavy atom. The molecule has 0 aliphatic rings. The summed E-state index contributed by atoms with van der Waals surface area (Å²) >= 11 is 12.1. The average Bonchev–Trinajstić information content (AvgIpc) is 3.03. The molecule has 4 rings (SSSR count). The van der Waals surface area contributed by atoms with Crippen molar-refractivity contribution in [2.45, 2.75) is 26.0 Å². The van der Waals surface area contributed by atoms with Gasteiger partial charge in [-0.1, -0.05) is 71.7 Å². The molecule has 0 amide bonds. The van der Waals surface area contributed by atoms with E-state index in [4.69, 9.17) is 23.2 Å². The zero-order valence-electron chi connectivity index (χ0n) is 15.6. The molecule has 0 unspecified atom stereocenters. The molecule has 0 aliphatic carbocycles. The fraction of sp³-hybridized carbons (Fsp3) is 0.167. The Labute approximate surface area is 175 Å². The number of aliphatic hydroxyl groups excluding tert-OH is 1. The maximum Gasteiger partial charge on any atom is 0.0969 e. The molecule has 0 spiro atoms. The number of halogens is 2. The highest BCUT2D eigenvalue weighted by Crippen LogP contribution is 2.29. The molecular weight excluding hydrogens is 389 g/mol. The molecule has 0 fully saturated rings.